The lowest BCUT2D eigenvalue weighted by Gasteiger charge is -2.38. The molecular weight excluding hydrogens is 344 g/mol. The first-order chi connectivity index (χ1) is 13.2. The van der Waals surface area contributed by atoms with Crippen molar-refractivity contribution in [3.63, 3.8) is 0 Å². The normalized spacial score (nSPS) is 18.6. The number of aromatic nitrogens is 2. The van der Waals surface area contributed by atoms with Crippen molar-refractivity contribution in [2.75, 3.05) is 38.3 Å². The zero-order valence-electron chi connectivity index (χ0n) is 15.5. The highest BCUT2D eigenvalue weighted by Crippen LogP contribution is 2.32. The van der Waals surface area contributed by atoms with E-state index >= 15 is 0 Å². The zero-order chi connectivity index (χ0) is 18.7. The van der Waals surface area contributed by atoms with Crippen LogP contribution in [0.15, 0.2) is 42.7 Å². The van der Waals surface area contributed by atoms with Gasteiger partial charge in [0.15, 0.2) is 5.79 Å². The lowest BCUT2D eigenvalue weighted by Crippen LogP contribution is -2.45. The van der Waals surface area contributed by atoms with Gasteiger partial charge in [-0.25, -0.2) is 9.97 Å². The maximum Gasteiger partial charge on any atom is 0.272 e. The van der Waals surface area contributed by atoms with Gasteiger partial charge in [0, 0.05) is 45.6 Å². The molecule has 1 amide bonds. The highest BCUT2D eigenvalue weighted by Gasteiger charge is 2.40. The summed E-state index contributed by atoms with van der Waals surface area (Å²) in [6, 6.07) is 11.7. The van der Waals surface area contributed by atoms with E-state index in [1.54, 1.807) is 18.0 Å². The van der Waals surface area contributed by atoms with Gasteiger partial charge in [-0.3, -0.25) is 4.79 Å². The van der Waals surface area contributed by atoms with Gasteiger partial charge < -0.3 is 19.3 Å². The maximum absolute atomic E-state index is 12.8. The van der Waals surface area contributed by atoms with E-state index in [4.69, 9.17) is 9.47 Å². The van der Waals surface area contributed by atoms with Gasteiger partial charge in [0.1, 0.15) is 17.8 Å². The molecule has 4 rings (SSSR count). The minimum atomic E-state index is -0.419. The number of anilines is 1. The predicted octanol–water partition coefficient (Wildman–Crippen LogP) is 2.09. The molecule has 0 aliphatic carbocycles. The van der Waals surface area contributed by atoms with Gasteiger partial charge in [0.25, 0.3) is 5.91 Å². The number of amides is 1. The summed E-state index contributed by atoms with van der Waals surface area (Å²) in [6.45, 7) is 3.44. The summed E-state index contributed by atoms with van der Waals surface area (Å²) in [5.41, 5.74) is 1.49. The van der Waals surface area contributed by atoms with Crippen LogP contribution in [0.5, 0.6) is 0 Å². The molecule has 0 atom stereocenters. The fraction of sp³-hybridized carbons (Fsp3) is 0.450. The average molecular weight is 368 g/mol. The molecule has 1 aromatic heterocycles. The highest BCUT2D eigenvalue weighted by atomic mass is 16.7. The Morgan fingerprint density at radius 2 is 1.85 bits per heavy atom. The molecule has 7 heteroatoms. The SMILES string of the molecule is CN(Cc1ccccc1)C(=O)c1cc(N2CCC3(CC2)OCCO3)ncn1. The minimum absolute atomic E-state index is 0.113. The molecular formula is C20H24N4O3. The first-order valence-electron chi connectivity index (χ1n) is 9.30. The van der Waals surface area contributed by atoms with Crippen molar-refractivity contribution in [1.29, 1.82) is 0 Å². The third-order valence-corrected chi connectivity index (χ3v) is 5.14. The number of hydrogen-bond donors (Lipinski definition) is 0. The summed E-state index contributed by atoms with van der Waals surface area (Å²) < 4.78 is 11.5. The van der Waals surface area contributed by atoms with Gasteiger partial charge in [-0.2, -0.15) is 0 Å². The van der Waals surface area contributed by atoms with Crippen molar-refractivity contribution in [2.24, 2.45) is 0 Å². The van der Waals surface area contributed by atoms with Crippen molar-refractivity contribution in [3.05, 3.63) is 54.0 Å². The Kier molecular flexibility index (Phi) is 5.05. The van der Waals surface area contributed by atoms with Crippen LogP contribution >= 0.6 is 0 Å². The second-order valence-corrected chi connectivity index (χ2v) is 7.00. The summed E-state index contributed by atoms with van der Waals surface area (Å²) in [6.07, 6.45) is 3.06. The third kappa shape index (κ3) is 3.94. The lowest BCUT2D eigenvalue weighted by atomic mass is 10.0. The monoisotopic (exact) mass is 368 g/mol. The van der Waals surface area contributed by atoms with Gasteiger partial charge in [-0.05, 0) is 5.56 Å². The zero-order valence-corrected chi connectivity index (χ0v) is 15.5. The number of piperidine rings is 1. The topological polar surface area (TPSA) is 67.8 Å². The van der Waals surface area contributed by atoms with E-state index in [1.165, 1.54) is 6.33 Å². The second kappa shape index (κ2) is 7.62. The molecule has 0 N–H and O–H groups in total. The standard InChI is InChI=1S/C20H24N4O3/c1-23(14-16-5-3-2-4-6-16)19(25)17-13-18(22-15-21-17)24-9-7-20(8-10-24)26-11-12-27-20/h2-6,13,15H,7-12,14H2,1H3. The lowest BCUT2D eigenvalue weighted by molar-refractivity contribution is -0.169. The fourth-order valence-electron chi connectivity index (χ4n) is 3.62. The molecule has 2 aliphatic heterocycles. The molecule has 7 nitrogen and oxygen atoms in total. The Morgan fingerprint density at radius 1 is 1.15 bits per heavy atom. The minimum Gasteiger partial charge on any atom is -0.356 e. The third-order valence-electron chi connectivity index (χ3n) is 5.14. The van der Waals surface area contributed by atoms with Crippen LogP contribution in [0.4, 0.5) is 5.82 Å². The van der Waals surface area contributed by atoms with Gasteiger partial charge in [-0.15, -0.1) is 0 Å². The smallest absolute Gasteiger partial charge is 0.272 e. The number of hydrogen-bond acceptors (Lipinski definition) is 6. The molecule has 2 fully saturated rings. The van der Waals surface area contributed by atoms with Crippen LogP contribution in [0.3, 0.4) is 0 Å². The van der Waals surface area contributed by atoms with Crippen molar-refractivity contribution >= 4 is 11.7 Å². The van der Waals surface area contributed by atoms with Crippen molar-refractivity contribution in [2.45, 2.75) is 25.2 Å². The summed E-state index contributed by atoms with van der Waals surface area (Å²) >= 11 is 0. The second-order valence-electron chi connectivity index (χ2n) is 7.00. The fourth-order valence-corrected chi connectivity index (χ4v) is 3.62. The van der Waals surface area contributed by atoms with Crippen LogP contribution in [-0.2, 0) is 16.0 Å². The molecule has 1 aromatic carbocycles. The molecule has 142 valence electrons. The van der Waals surface area contributed by atoms with E-state index in [1.807, 2.05) is 30.3 Å². The quantitative estimate of drug-likeness (QED) is 0.823. The Hall–Kier alpha value is -2.51. The predicted molar refractivity (Wildman–Crippen MR) is 100 cm³/mol. The molecule has 0 bridgehead atoms. The van der Waals surface area contributed by atoms with Gasteiger partial charge >= 0.3 is 0 Å². The molecule has 2 saturated heterocycles. The van der Waals surface area contributed by atoms with E-state index in [0.29, 0.717) is 25.5 Å². The van der Waals surface area contributed by atoms with Gasteiger partial charge in [0.05, 0.1) is 13.2 Å². The van der Waals surface area contributed by atoms with E-state index in [0.717, 1.165) is 37.3 Å². The summed E-state index contributed by atoms with van der Waals surface area (Å²) in [5.74, 6) is 0.241. The van der Waals surface area contributed by atoms with Crippen LogP contribution in [-0.4, -0.2) is 59.9 Å². The van der Waals surface area contributed by atoms with Gasteiger partial charge in [0.2, 0.25) is 0 Å². The summed E-state index contributed by atoms with van der Waals surface area (Å²) in [5, 5.41) is 0. The Labute approximate surface area is 158 Å². The number of carbonyl (C=O) groups is 1. The first kappa shape index (κ1) is 17.9. The van der Waals surface area contributed by atoms with Crippen molar-refractivity contribution in [1.82, 2.24) is 14.9 Å². The number of nitrogens with zero attached hydrogens (tertiary/aromatic N) is 4. The molecule has 27 heavy (non-hydrogen) atoms. The van der Waals surface area contributed by atoms with E-state index in [9.17, 15) is 4.79 Å². The molecule has 0 saturated carbocycles. The average Bonchev–Trinajstić information content (AvgIpc) is 3.17. The largest absolute Gasteiger partial charge is 0.356 e. The van der Waals surface area contributed by atoms with Gasteiger partial charge in [-0.1, -0.05) is 30.3 Å². The van der Waals surface area contributed by atoms with Crippen LogP contribution < -0.4 is 4.90 Å². The number of rotatable bonds is 4. The van der Waals surface area contributed by atoms with E-state index in [-0.39, 0.29) is 5.91 Å². The molecule has 2 aliphatic rings. The van der Waals surface area contributed by atoms with Crippen molar-refractivity contribution in [3.8, 4) is 0 Å². The van der Waals surface area contributed by atoms with Crippen LogP contribution in [0.25, 0.3) is 0 Å². The number of ether oxygens (including phenoxy) is 2. The highest BCUT2D eigenvalue weighted by molar-refractivity contribution is 5.92. The Balaban J connectivity index is 1.42. The summed E-state index contributed by atoms with van der Waals surface area (Å²) in [7, 11) is 1.79. The maximum atomic E-state index is 12.8. The number of carbonyl (C=O) groups excluding carboxylic acids is 1. The van der Waals surface area contributed by atoms with Crippen LogP contribution in [0.1, 0.15) is 28.9 Å². The Morgan fingerprint density at radius 3 is 2.56 bits per heavy atom. The molecule has 0 radical (unpaired) electrons. The van der Waals surface area contributed by atoms with E-state index in [2.05, 4.69) is 14.9 Å². The summed E-state index contributed by atoms with van der Waals surface area (Å²) in [4.78, 5) is 25.2. The molecule has 3 heterocycles. The first-order valence-corrected chi connectivity index (χ1v) is 9.30. The van der Waals surface area contributed by atoms with Crippen LogP contribution in [0, 0.1) is 0 Å². The molecule has 0 unspecified atom stereocenters. The van der Waals surface area contributed by atoms with Crippen molar-refractivity contribution < 1.29 is 14.3 Å². The number of benzene rings is 1. The Bertz CT molecular complexity index is 783. The molecule has 1 spiro atoms. The van der Waals surface area contributed by atoms with E-state index < -0.39 is 5.79 Å². The van der Waals surface area contributed by atoms with Crippen LogP contribution in [0.2, 0.25) is 0 Å². The molecule has 2 aromatic rings.